The van der Waals surface area contributed by atoms with Crippen LogP contribution in [-0.2, 0) is 23.6 Å². The molecule has 0 unspecified atom stereocenters. The summed E-state index contributed by atoms with van der Waals surface area (Å²) in [6.45, 7) is 1.22. The van der Waals surface area contributed by atoms with Gasteiger partial charge in [-0.15, -0.1) is 0 Å². The lowest BCUT2D eigenvalue weighted by Crippen LogP contribution is -2.26. The summed E-state index contributed by atoms with van der Waals surface area (Å²) in [5.74, 6) is 0.736. The Kier molecular flexibility index (Phi) is 5.55. The summed E-state index contributed by atoms with van der Waals surface area (Å²) in [5, 5.41) is 4.09. The monoisotopic (exact) mass is 442 g/mol. The van der Waals surface area contributed by atoms with Crippen molar-refractivity contribution in [3.63, 3.8) is 0 Å². The maximum absolute atomic E-state index is 12.7. The molecule has 31 heavy (non-hydrogen) atoms. The number of hydrogen-bond donors (Lipinski definition) is 1. The van der Waals surface area contributed by atoms with Gasteiger partial charge in [0, 0.05) is 49.7 Å². The SMILES string of the molecule is CN(Cc1cnn(C)c1)C(=O)c1ccc(NS(=O)(=O)c2ccc3c(c2)OCCO3)cc1. The number of nitrogens with zero attached hydrogens (tertiary/aromatic N) is 3. The Labute approximate surface area is 180 Å². The molecule has 2 aromatic carbocycles. The first kappa shape index (κ1) is 20.7. The Balaban J connectivity index is 1.44. The molecule has 1 aromatic heterocycles. The number of carbonyl (C=O) groups excluding carboxylic acids is 1. The summed E-state index contributed by atoms with van der Waals surface area (Å²) in [7, 11) is -0.307. The van der Waals surface area contributed by atoms with Crippen molar-refractivity contribution in [1.82, 2.24) is 14.7 Å². The second-order valence-electron chi connectivity index (χ2n) is 7.17. The topological polar surface area (TPSA) is 103 Å². The number of ether oxygens (including phenoxy) is 2. The number of rotatable bonds is 6. The summed E-state index contributed by atoms with van der Waals surface area (Å²) in [5.41, 5.74) is 1.72. The molecule has 0 radical (unpaired) electrons. The highest BCUT2D eigenvalue weighted by molar-refractivity contribution is 7.92. The van der Waals surface area contributed by atoms with Crippen molar-refractivity contribution >= 4 is 21.6 Å². The first-order chi connectivity index (χ1) is 14.8. The average Bonchev–Trinajstić information content (AvgIpc) is 3.17. The largest absolute Gasteiger partial charge is 0.486 e. The van der Waals surface area contributed by atoms with Crippen LogP contribution >= 0.6 is 0 Å². The van der Waals surface area contributed by atoms with Crippen LogP contribution in [0.1, 0.15) is 15.9 Å². The number of fused-ring (bicyclic) bond motifs is 1. The number of nitrogens with one attached hydrogen (secondary N) is 1. The van der Waals surface area contributed by atoms with Crippen LogP contribution in [0.5, 0.6) is 11.5 Å². The second kappa shape index (κ2) is 8.31. The number of amides is 1. The molecule has 1 N–H and O–H groups in total. The number of carbonyl (C=O) groups is 1. The van der Waals surface area contributed by atoms with Crippen molar-refractivity contribution < 1.29 is 22.7 Å². The van der Waals surface area contributed by atoms with Gasteiger partial charge in [-0.1, -0.05) is 0 Å². The van der Waals surface area contributed by atoms with E-state index in [-0.39, 0.29) is 10.8 Å². The molecule has 3 aromatic rings. The smallest absolute Gasteiger partial charge is 0.262 e. The minimum atomic E-state index is -3.82. The summed E-state index contributed by atoms with van der Waals surface area (Å²) >= 11 is 0. The quantitative estimate of drug-likeness (QED) is 0.628. The molecule has 10 heteroatoms. The lowest BCUT2D eigenvalue weighted by molar-refractivity contribution is 0.0785. The predicted octanol–water partition coefficient (Wildman–Crippen LogP) is 2.26. The molecule has 162 valence electrons. The first-order valence-electron chi connectivity index (χ1n) is 9.57. The molecular formula is C21H22N4O5S. The molecule has 9 nitrogen and oxygen atoms in total. The van der Waals surface area contributed by atoms with Gasteiger partial charge in [-0.2, -0.15) is 5.10 Å². The number of hydrogen-bond acceptors (Lipinski definition) is 6. The molecule has 0 spiro atoms. The van der Waals surface area contributed by atoms with Crippen LogP contribution in [-0.4, -0.2) is 49.3 Å². The van der Waals surface area contributed by atoms with E-state index in [1.807, 2.05) is 13.2 Å². The second-order valence-corrected chi connectivity index (χ2v) is 8.85. The van der Waals surface area contributed by atoms with Crippen molar-refractivity contribution in [2.45, 2.75) is 11.4 Å². The lowest BCUT2D eigenvalue weighted by atomic mass is 10.2. The van der Waals surface area contributed by atoms with Gasteiger partial charge in [0.25, 0.3) is 15.9 Å². The van der Waals surface area contributed by atoms with Crippen molar-refractivity contribution in [3.05, 3.63) is 66.0 Å². The normalized spacial score (nSPS) is 13.0. The third-order valence-electron chi connectivity index (χ3n) is 4.73. The summed E-state index contributed by atoms with van der Waals surface area (Å²) in [6, 6.07) is 10.8. The molecule has 0 saturated carbocycles. The highest BCUT2D eigenvalue weighted by atomic mass is 32.2. The minimum absolute atomic E-state index is 0.0631. The molecular weight excluding hydrogens is 420 g/mol. The Morgan fingerprint density at radius 3 is 2.52 bits per heavy atom. The fourth-order valence-electron chi connectivity index (χ4n) is 3.21. The molecule has 1 aliphatic heterocycles. The fourth-order valence-corrected chi connectivity index (χ4v) is 4.28. The number of aromatic nitrogens is 2. The van der Waals surface area contributed by atoms with Gasteiger partial charge in [-0.25, -0.2) is 8.42 Å². The molecule has 4 rings (SSSR count). The maximum atomic E-state index is 12.7. The van der Waals surface area contributed by atoms with E-state index in [1.54, 1.807) is 53.2 Å². The van der Waals surface area contributed by atoms with Gasteiger partial charge in [0.1, 0.15) is 13.2 Å². The van der Waals surface area contributed by atoms with Gasteiger partial charge in [0.15, 0.2) is 11.5 Å². The zero-order valence-electron chi connectivity index (χ0n) is 17.1. The Bertz CT molecular complexity index is 1200. The van der Waals surface area contributed by atoms with Crippen molar-refractivity contribution in [2.75, 3.05) is 25.0 Å². The zero-order valence-corrected chi connectivity index (χ0v) is 17.9. The Hall–Kier alpha value is -3.53. The van der Waals surface area contributed by atoms with Gasteiger partial charge in [-0.05, 0) is 36.4 Å². The van der Waals surface area contributed by atoms with Crippen LogP contribution in [0.2, 0.25) is 0 Å². The number of sulfonamides is 1. The minimum Gasteiger partial charge on any atom is -0.486 e. The third kappa shape index (κ3) is 4.64. The van der Waals surface area contributed by atoms with Crippen LogP contribution in [0.4, 0.5) is 5.69 Å². The van der Waals surface area contributed by atoms with Crippen LogP contribution in [0.15, 0.2) is 59.8 Å². The van der Waals surface area contributed by atoms with Crippen molar-refractivity contribution in [3.8, 4) is 11.5 Å². The molecule has 2 heterocycles. The van der Waals surface area contributed by atoms with E-state index in [9.17, 15) is 13.2 Å². The van der Waals surface area contributed by atoms with E-state index in [1.165, 1.54) is 12.1 Å². The Morgan fingerprint density at radius 1 is 1.13 bits per heavy atom. The first-order valence-corrected chi connectivity index (χ1v) is 11.1. The number of benzene rings is 2. The average molecular weight is 442 g/mol. The molecule has 1 aliphatic rings. The maximum Gasteiger partial charge on any atom is 0.262 e. The van der Waals surface area contributed by atoms with Crippen molar-refractivity contribution in [2.24, 2.45) is 7.05 Å². The van der Waals surface area contributed by atoms with E-state index >= 15 is 0 Å². The van der Waals surface area contributed by atoms with Gasteiger partial charge in [0.2, 0.25) is 0 Å². The van der Waals surface area contributed by atoms with Crippen LogP contribution in [0.3, 0.4) is 0 Å². The van der Waals surface area contributed by atoms with Gasteiger partial charge < -0.3 is 14.4 Å². The summed E-state index contributed by atoms with van der Waals surface area (Å²) in [6.07, 6.45) is 3.55. The number of aryl methyl sites for hydroxylation is 1. The van der Waals surface area contributed by atoms with Crippen molar-refractivity contribution in [1.29, 1.82) is 0 Å². The summed E-state index contributed by atoms with van der Waals surface area (Å²) < 4.78 is 40.5. The molecule has 1 amide bonds. The van der Waals surface area contributed by atoms with Gasteiger partial charge in [0.05, 0.1) is 11.1 Å². The molecule has 0 atom stereocenters. The highest BCUT2D eigenvalue weighted by Gasteiger charge is 2.20. The predicted molar refractivity (Wildman–Crippen MR) is 114 cm³/mol. The van der Waals surface area contributed by atoms with E-state index in [2.05, 4.69) is 9.82 Å². The fraction of sp³-hybridized carbons (Fsp3) is 0.238. The lowest BCUT2D eigenvalue weighted by Gasteiger charge is -2.19. The number of anilines is 1. The Morgan fingerprint density at radius 2 is 1.84 bits per heavy atom. The standard InChI is InChI=1S/C21H22N4O5S/c1-24(13-15-12-22-25(2)14-15)21(26)16-3-5-17(6-4-16)23-31(27,28)18-7-8-19-20(11-18)30-10-9-29-19/h3-8,11-12,14,23H,9-10,13H2,1-2H3. The van der Waals surface area contributed by atoms with Crippen LogP contribution in [0, 0.1) is 0 Å². The van der Waals surface area contributed by atoms with E-state index in [0.29, 0.717) is 42.5 Å². The van der Waals surface area contributed by atoms with Gasteiger partial charge >= 0.3 is 0 Å². The van der Waals surface area contributed by atoms with E-state index in [0.717, 1.165) is 5.56 Å². The third-order valence-corrected chi connectivity index (χ3v) is 6.11. The molecule has 0 fully saturated rings. The van der Waals surface area contributed by atoms with Gasteiger partial charge in [-0.3, -0.25) is 14.2 Å². The highest BCUT2D eigenvalue weighted by Crippen LogP contribution is 2.32. The molecule has 0 saturated heterocycles. The van der Waals surface area contributed by atoms with Crippen LogP contribution < -0.4 is 14.2 Å². The van der Waals surface area contributed by atoms with E-state index < -0.39 is 10.0 Å². The van der Waals surface area contributed by atoms with Crippen LogP contribution in [0.25, 0.3) is 0 Å². The molecule has 0 bridgehead atoms. The zero-order chi connectivity index (χ0) is 22.0. The molecule has 0 aliphatic carbocycles. The van der Waals surface area contributed by atoms with E-state index in [4.69, 9.17) is 9.47 Å². The summed E-state index contributed by atoms with van der Waals surface area (Å²) in [4.78, 5) is 14.3.